The fraction of sp³-hybridized carbons (Fsp3) is 0.0577. The maximum atomic E-state index is 6.20. The van der Waals surface area contributed by atoms with Crippen LogP contribution in [0.2, 0.25) is 0 Å². The number of rotatable bonds is 6. The Morgan fingerprint density at radius 3 is 1.88 bits per heavy atom. The monoisotopic (exact) mass is 749 g/mol. The van der Waals surface area contributed by atoms with E-state index in [1.165, 1.54) is 48.4 Å². The standard InChI is InChI=1S/C52H35N3OS/c1-2-11-33(12-3-1)34-23-27-36(28-24-34)50-53-51(37-29-25-35(26-30-37)41-18-10-21-46-48(41)42-16-5-4-13-40(42)32-56-46)55-52(54-50)39-15-8-14-38(31-39)43-19-9-20-45-44-17-6-7-22-47(44)57-49(43)45/h1-8,10-19,21-31H,9,20,32H2. The van der Waals surface area contributed by atoms with Crippen molar-refractivity contribution in [1.29, 1.82) is 0 Å². The molecule has 7 aromatic carbocycles. The number of benzene rings is 7. The molecular formula is C52H35N3OS. The second-order valence-corrected chi connectivity index (χ2v) is 15.6. The highest BCUT2D eigenvalue weighted by Crippen LogP contribution is 2.45. The molecule has 0 unspecified atom stereocenters. The Morgan fingerprint density at radius 1 is 0.474 bits per heavy atom. The van der Waals surface area contributed by atoms with Crippen LogP contribution in [0.3, 0.4) is 0 Å². The van der Waals surface area contributed by atoms with Gasteiger partial charge in [-0.25, -0.2) is 15.0 Å². The second-order valence-electron chi connectivity index (χ2n) is 14.6. The summed E-state index contributed by atoms with van der Waals surface area (Å²) in [5, 5.41) is 1.38. The summed E-state index contributed by atoms with van der Waals surface area (Å²) in [7, 11) is 0. The number of fused-ring (bicyclic) bond motifs is 6. The van der Waals surface area contributed by atoms with Gasteiger partial charge in [0.15, 0.2) is 17.5 Å². The van der Waals surface area contributed by atoms with E-state index in [1.807, 2.05) is 17.4 Å². The minimum Gasteiger partial charge on any atom is -0.488 e. The van der Waals surface area contributed by atoms with E-state index in [0.29, 0.717) is 24.1 Å². The Hall–Kier alpha value is -6.95. The molecule has 0 saturated heterocycles. The zero-order valence-electron chi connectivity index (χ0n) is 31.0. The average Bonchev–Trinajstić information content (AvgIpc) is 3.68. The molecule has 0 N–H and O–H groups in total. The van der Waals surface area contributed by atoms with Crippen LogP contribution in [-0.4, -0.2) is 15.0 Å². The topological polar surface area (TPSA) is 47.9 Å². The zero-order valence-corrected chi connectivity index (χ0v) is 31.8. The number of aryl methyl sites for hydroxylation is 1. The van der Waals surface area contributed by atoms with Crippen LogP contribution >= 0.6 is 11.3 Å². The first-order valence-electron chi connectivity index (χ1n) is 19.4. The molecule has 270 valence electrons. The van der Waals surface area contributed by atoms with Gasteiger partial charge in [0.2, 0.25) is 0 Å². The molecule has 0 bridgehead atoms. The lowest BCUT2D eigenvalue weighted by molar-refractivity contribution is 0.302. The normalized spacial score (nSPS) is 12.9. The van der Waals surface area contributed by atoms with Crippen molar-refractivity contribution in [3.05, 3.63) is 198 Å². The maximum absolute atomic E-state index is 6.20. The van der Waals surface area contributed by atoms with Crippen LogP contribution in [0.1, 0.15) is 28.0 Å². The van der Waals surface area contributed by atoms with Gasteiger partial charge in [0.1, 0.15) is 12.4 Å². The minimum absolute atomic E-state index is 0.581. The molecule has 5 heteroatoms. The van der Waals surface area contributed by atoms with E-state index in [0.717, 1.165) is 57.5 Å². The lowest BCUT2D eigenvalue weighted by Gasteiger charge is -2.23. The van der Waals surface area contributed by atoms with E-state index in [-0.39, 0.29) is 0 Å². The number of allylic oxidation sites excluding steroid dienone is 1. The fourth-order valence-corrected chi connectivity index (χ4v) is 9.63. The van der Waals surface area contributed by atoms with Crippen LogP contribution in [0.25, 0.3) is 83.2 Å². The van der Waals surface area contributed by atoms with Crippen molar-refractivity contribution in [2.75, 3.05) is 0 Å². The van der Waals surface area contributed by atoms with E-state index < -0.39 is 0 Å². The summed E-state index contributed by atoms with van der Waals surface area (Å²) in [5.74, 6) is 2.83. The number of hydrogen-bond acceptors (Lipinski definition) is 5. The van der Waals surface area contributed by atoms with E-state index >= 15 is 0 Å². The highest BCUT2D eigenvalue weighted by atomic mass is 32.1. The van der Waals surface area contributed by atoms with Crippen LogP contribution in [0, 0.1) is 0 Å². The zero-order chi connectivity index (χ0) is 37.7. The number of ether oxygens (including phenoxy) is 1. The fourth-order valence-electron chi connectivity index (χ4n) is 8.31. The first-order valence-corrected chi connectivity index (χ1v) is 20.2. The Labute approximate surface area is 335 Å². The van der Waals surface area contributed by atoms with Crippen molar-refractivity contribution in [1.82, 2.24) is 15.0 Å². The number of thiophene rings is 1. The molecule has 2 aromatic heterocycles. The van der Waals surface area contributed by atoms with Gasteiger partial charge < -0.3 is 4.74 Å². The summed E-state index contributed by atoms with van der Waals surface area (Å²) >= 11 is 1.89. The van der Waals surface area contributed by atoms with Crippen molar-refractivity contribution >= 4 is 27.0 Å². The summed E-state index contributed by atoms with van der Waals surface area (Å²) in [6.07, 6.45) is 4.48. The lowest BCUT2D eigenvalue weighted by atomic mass is 9.89. The number of aromatic nitrogens is 3. The van der Waals surface area contributed by atoms with Crippen molar-refractivity contribution < 1.29 is 4.74 Å². The summed E-state index contributed by atoms with van der Waals surface area (Å²) < 4.78 is 7.54. The molecule has 0 radical (unpaired) electrons. The Bertz CT molecular complexity index is 3000. The van der Waals surface area contributed by atoms with Gasteiger partial charge in [-0.05, 0) is 86.5 Å². The highest BCUT2D eigenvalue weighted by Gasteiger charge is 2.23. The van der Waals surface area contributed by atoms with Crippen LogP contribution < -0.4 is 4.74 Å². The molecular weight excluding hydrogens is 715 g/mol. The predicted molar refractivity (Wildman–Crippen MR) is 234 cm³/mol. The van der Waals surface area contributed by atoms with Gasteiger partial charge in [-0.1, -0.05) is 158 Å². The maximum Gasteiger partial charge on any atom is 0.164 e. The summed E-state index contributed by atoms with van der Waals surface area (Å²) in [5.41, 5.74) is 14.9. The largest absolute Gasteiger partial charge is 0.488 e. The summed E-state index contributed by atoms with van der Waals surface area (Å²) in [6.45, 7) is 0.581. The molecule has 3 heterocycles. The van der Waals surface area contributed by atoms with Gasteiger partial charge in [-0.2, -0.15) is 0 Å². The smallest absolute Gasteiger partial charge is 0.164 e. The van der Waals surface area contributed by atoms with E-state index in [9.17, 15) is 0 Å². The molecule has 4 nitrogen and oxygen atoms in total. The van der Waals surface area contributed by atoms with Crippen molar-refractivity contribution in [2.24, 2.45) is 0 Å². The van der Waals surface area contributed by atoms with Crippen LogP contribution in [0.5, 0.6) is 5.75 Å². The molecule has 1 aliphatic carbocycles. The quantitative estimate of drug-likeness (QED) is 0.170. The third kappa shape index (κ3) is 6.04. The molecule has 0 saturated carbocycles. The Balaban J connectivity index is 1.00. The number of hydrogen-bond donors (Lipinski definition) is 0. The molecule has 0 fully saturated rings. The van der Waals surface area contributed by atoms with Crippen LogP contribution in [0.15, 0.2) is 176 Å². The molecule has 9 aromatic rings. The SMILES string of the molecule is C1=C(c2cccc(-c3nc(-c4ccc(-c5ccccc5)cc4)nc(-c4ccc(-c5cccc6c5-c5ccccc5CO6)cc4)n3)c2)c2sc3ccccc3c2CC1. The molecule has 1 aliphatic heterocycles. The van der Waals surface area contributed by atoms with E-state index in [1.54, 1.807) is 0 Å². The second kappa shape index (κ2) is 14.0. The minimum atomic E-state index is 0.581. The van der Waals surface area contributed by atoms with Gasteiger partial charge in [0, 0.05) is 31.8 Å². The molecule has 57 heavy (non-hydrogen) atoms. The molecule has 0 spiro atoms. The Kier molecular flexibility index (Phi) is 8.18. The van der Waals surface area contributed by atoms with Crippen LogP contribution in [-0.2, 0) is 13.0 Å². The first-order chi connectivity index (χ1) is 28.2. The van der Waals surface area contributed by atoms with Crippen molar-refractivity contribution in [3.63, 3.8) is 0 Å². The first kappa shape index (κ1) is 33.4. The van der Waals surface area contributed by atoms with Crippen molar-refractivity contribution in [2.45, 2.75) is 19.4 Å². The lowest BCUT2D eigenvalue weighted by Crippen LogP contribution is -2.06. The summed E-state index contributed by atoms with van der Waals surface area (Å²) in [6, 6.07) is 59.8. The Morgan fingerprint density at radius 2 is 1.07 bits per heavy atom. The highest BCUT2D eigenvalue weighted by molar-refractivity contribution is 7.20. The third-order valence-corrected chi connectivity index (χ3v) is 12.4. The summed E-state index contributed by atoms with van der Waals surface area (Å²) in [4.78, 5) is 16.8. The molecule has 11 rings (SSSR count). The van der Waals surface area contributed by atoms with Gasteiger partial charge in [-0.3, -0.25) is 0 Å². The van der Waals surface area contributed by atoms with Gasteiger partial charge >= 0.3 is 0 Å². The third-order valence-electron chi connectivity index (χ3n) is 11.2. The van der Waals surface area contributed by atoms with Gasteiger partial charge in [0.25, 0.3) is 0 Å². The molecule has 0 amide bonds. The van der Waals surface area contributed by atoms with E-state index in [4.69, 9.17) is 19.7 Å². The van der Waals surface area contributed by atoms with Gasteiger partial charge in [0.05, 0.1) is 0 Å². The average molecular weight is 750 g/mol. The number of nitrogens with zero attached hydrogens (tertiary/aromatic N) is 3. The molecule has 2 aliphatic rings. The molecule has 0 atom stereocenters. The van der Waals surface area contributed by atoms with E-state index in [2.05, 4.69) is 170 Å². The van der Waals surface area contributed by atoms with Crippen LogP contribution in [0.4, 0.5) is 0 Å². The van der Waals surface area contributed by atoms with Gasteiger partial charge in [-0.15, -0.1) is 11.3 Å². The van der Waals surface area contributed by atoms with Crippen molar-refractivity contribution in [3.8, 4) is 73.3 Å². The predicted octanol–water partition coefficient (Wildman–Crippen LogP) is 13.4.